The molecule has 0 bridgehead atoms. The van der Waals surface area contributed by atoms with Crippen molar-refractivity contribution in [1.29, 1.82) is 0 Å². The van der Waals surface area contributed by atoms with Gasteiger partial charge in [-0.05, 0) is 117 Å². The van der Waals surface area contributed by atoms with Crippen LogP contribution < -0.4 is 9.80 Å². The molecule has 0 radical (unpaired) electrons. The summed E-state index contributed by atoms with van der Waals surface area (Å²) in [4.78, 5) is 3.38. The van der Waals surface area contributed by atoms with Gasteiger partial charge in [-0.1, -0.05) is 171 Å². The Morgan fingerprint density at radius 1 is 0.448 bits per heavy atom. The van der Waals surface area contributed by atoms with Gasteiger partial charge in [0.25, 0.3) is 0 Å². The van der Waals surface area contributed by atoms with Crippen LogP contribution in [0.2, 0.25) is 0 Å². The quantitative estimate of drug-likeness (QED) is 0.105. The number of hydrogen-bond acceptors (Lipinski definition) is 2. The van der Waals surface area contributed by atoms with Gasteiger partial charge in [0.2, 0.25) is 0 Å². The van der Waals surface area contributed by atoms with E-state index in [9.17, 15) is 0 Å². The van der Waals surface area contributed by atoms with Gasteiger partial charge in [-0.25, -0.2) is 17.6 Å². The van der Waals surface area contributed by atoms with Gasteiger partial charge in [0.1, 0.15) is 5.69 Å². The molecule has 0 saturated heterocycles. The number of halogens is 4. The topological polar surface area (TPSA) is 6.48 Å². The van der Waals surface area contributed by atoms with Gasteiger partial charge < -0.3 is 9.80 Å². The average Bonchev–Trinajstić information content (AvgIpc) is 3.61. The minimum Gasteiger partial charge on any atom is -0.310 e. The molecule has 0 aliphatic heterocycles. The van der Waals surface area contributed by atoms with Crippen LogP contribution in [0.15, 0.2) is 212 Å². The molecule has 0 spiro atoms. The van der Waals surface area contributed by atoms with Gasteiger partial charge in [-0.15, -0.1) is 0 Å². The lowest BCUT2D eigenvalue weighted by Gasteiger charge is -2.30. The lowest BCUT2D eigenvalue weighted by Crippen LogP contribution is -2.19. The zero-order valence-electron chi connectivity index (χ0n) is 37.0. The molecule has 2 aliphatic carbocycles. The highest BCUT2D eigenvalue weighted by Gasteiger charge is 2.38. The summed E-state index contributed by atoms with van der Waals surface area (Å²) in [5.41, 5.74) is 9.93. The molecule has 0 atom stereocenters. The van der Waals surface area contributed by atoms with Crippen molar-refractivity contribution in [2.24, 2.45) is 0 Å². The number of fused-ring (bicyclic) bond motifs is 3. The Kier molecular flexibility index (Phi) is 10.5. The highest BCUT2D eigenvalue weighted by atomic mass is 19.2. The molecule has 2 nitrogen and oxygen atoms in total. The first-order valence-electron chi connectivity index (χ1n) is 22.6. The standard InChI is InChI=1S/C61H44F4N2/c1-61(2)52-25-12-11-24-50(52)51-36-35-48(38-53(51)61)66(54-26-14-20-42-19-9-10-23-49(42)54)45-33-29-43(30-34-45)55-56(62)58(64)60(59(65)57(55)63)67(46-31-27-41(28-32-46)39-15-5-3-6-16-39)47-22-13-21-44(37-47)40-17-7-4-8-18-40/h3-11,13-24,26-38H,12,25H2,1-2H3. The Balaban J connectivity index is 1.02. The molecule has 67 heavy (non-hydrogen) atoms. The van der Waals surface area contributed by atoms with E-state index in [0.717, 1.165) is 57.2 Å². The van der Waals surface area contributed by atoms with Gasteiger partial charge in [-0.2, -0.15) is 0 Å². The van der Waals surface area contributed by atoms with E-state index < -0.39 is 34.5 Å². The van der Waals surface area contributed by atoms with Crippen LogP contribution in [0.1, 0.15) is 37.8 Å². The molecule has 0 N–H and O–H groups in total. The fourth-order valence-electron chi connectivity index (χ4n) is 10.1. The molecule has 0 saturated carbocycles. The molecule has 0 heterocycles. The second-order valence-electron chi connectivity index (χ2n) is 17.7. The maximum Gasteiger partial charge on any atom is 0.186 e. The Morgan fingerprint density at radius 2 is 0.985 bits per heavy atom. The predicted molar refractivity (Wildman–Crippen MR) is 268 cm³/mol. The molecule has 6 heteroatoms. The molecule has 0 unspecified atom stereocenters. The third-order valence-corrected chi connectivity index (χ3v) is 13.5. The number of rotatable bonds is 9. The minimum absolute atomic E-state index is 0.00967. The van der Waals surface area contributed by atoms with E-state index in [2.05, 4.69) is 73.4 Å². The van der Waals surface area contributed by atoms with Crippen molar-refractivity contribution >= 4 is 50.5 Å². The van der Waals surface area contributed by atoms with Crippen molar-refractivity contribution in [3.05, 3.63) is 246 Å². The second kappa shape index (κ2) is 16.8. The zero-order valence-corrected chi connectivity index (χ0v) is 37.0. The minimum atomic E-state index is -1.51. The van der Waals surface area contributed by atoms with Crippen LogP contribution in [0.25, 0.3) is 49.7 Å². The first-order chi connectivity index (χ1) is 32.7. The van der Waals surface area contributed by atoms with Crippen LogP contribution in [-0.4, -0.2) is 0 Å². The SMILES string of the molecule is CC1(C)C2=C(C=CCC2)c2ccc(N(c3ccc(-c4c(F)c(F)c(N(c5ccc(-c6ccccc6)cc5)c5cccc(-c6ccccc6)c5)c(F)c4F)cc3)c3cccc4ccccc34)cc21. The van der Waals surface area contributed by atoms with Crippen molar-refractivity contribution in [1.82, 2.24) is 0 Å². The molecule has 11 rings (SSSR count). The summed E-state index contributed by atoms with van der Waals surface area (Å²) in [5.74, 6) is -6.02. The molecule has 0 aromatic heterocycles. The summed E-state index contributed by atoms with van der Waals surface area (Å²) in [5, 5.41) is 2.06. The van der Waals surface area contributed by atoms with E-state index in [1.54, 1.807) is 42.5 Å². The van der Waals surface area contributed by atoms with E-state index in [-0.39, 0.29) is 11.0 Å². The van der Waals surface area contributed by atoms with Gasteiger partial charge >= 0.3 is 0 Å². The Morgan fingerprint density at radius 3 is 1.69 bits per heavy atom. The third kappa shape index (κ3) is 7.21. The maximum absolute atomic E-state index is 17.0. The van der Waals surface area contributed by atoms with Gasteiger partial charge in [0.15, 0.2) is 23.3 Å². The van der Waals surface area contributed by atoms with Gasteiger partial charge in [-0.3, -0.25) is 0 Å². The molecule has 0 fully saturated rings. The largest absolute Gasteiger partial charge is 0.310 e. The maximum atomic E-state index is 17.0. The van der Waals surface area contributed by atoms with Crippen molar-refractivity contribution < 1.29 is 17.6 Å². The van der Waals surface area contributed by atoms with Gasteiger partial charge in [0.05, 0.1) is 11.3 Å². The summed E-state index contributed by atoms with van der Waals surface area (Å²) in [6, 6.07) is 60.7. The van der Waals surface area contributed by atoms with Crippen molar-refractivity contribution in [2.45, 2.75) is 32.1 Å². The van der Waals surface area contributed by atoms with Crippen LogP contribution in [0.3, 0.4) is 0 Å². The van der Waals surface area contributed by atoms with E-state index in [4.69, 9.17) is 0 Å². The molecule has 9 aromatic carbocycles. The third-order valence-electron chi connectivity index (χ3n) is 13.5. The summed E-state index contributed by atoms with van der Waals surface area (Å²) in [6.45, 7) is 4.56. The first-order valence-corrected chi connectivity index (χ1v) is 22.6. The first kappa shape index (κ1) is 41.7. The van der Waals surface area contributed by atoms with E-state index in [1.807, 2.05) is 97.1 Å². The summed E-state index contributed by atoms with van der Waals surface area (Å²) >= 11 is 0. The Bertz CT molecular complexity index is 3380. The summed E-state index contributed by atoms with van der Waals surface area (Å²) in [7, 11) is 0. The van der Waals surface area contributed by atoms with Gasteiger partial charge in [0, 0.05) is 33.6 Å². The Labute approximate surface area is 388 Å². The highest BCUT2D eigenvalue weighted by molar-refractivity contribution is 6.00. The summed E-state index contributed by atoms with van der Waals surface area (Å²) < 4.78 is 67.8. The summed E-state index contributed by atoms with van der Waals surface area (Å²) in [6.07, 6.45) is 6.51. The normalized spacial score (nSPS) is 13.7. The number of hydrogen-bond donors (Lipinski definition) is 0. The van der Waals surface area contributed by atoms with Crippen LogP contribution in [0.4, 0.5) is 51.7 Å². The lowest BCUT2D eigenvalue weighted by atomic mass is 9.78. The Hall–Kier alpha value is -7.96. The molecular weight excluding hydrogens is 837 g/mol. The number of anilines is 6. The van der Waals surface area contributed by atoms with Crippen LogP contribution >= 0.6 is 0 Å². The van der Waals surface area contributed by atoms with E-state index >= 15 is 17.6 Å². The zero-order chi connectivity index (χ0) is 45.8. The van der Waals surface area contributed by atoms with Crippen molar-refractivity contribution in [2.75, 3.05) is 9.80 Å². The fraction of sp³-hybridized carbons (Fsp3) is 0.0820. The second-order valence-corrected chi connectivity index (χ2v) is 17.7. The monoisotopic (exact) mass is 880 g/mol. The van der Waals surface area contributed by atoms with Crippen molar-refractivity contribution in [3.63, 3.8) is 0 Å². The molecule has 2 aliphatic rings. The van der Waals surface area contributed by atoms with Crippen LogP contribution in [0, 0.1) is 23.3 Å². The predicted octanol–water partition coefficient (Wildman–Crippen LogP) is 17.7. The number of nitrogens with zero attached hydrogens (tertiary/aromatic N) is 2. The molecule has 326 valence electrons. The van der Waals surface area contributed by atoms with Crippen molar-refractivity contribution in [3.8, 4) is 33.4 Å². The van der Waals surface area contributed by atoms with Crippen LogP contribution in [-0.2, 0) is 5.41 Å². The lowest BCUT2D eigenvalue weighted by molar-refractivity contribution is 0.461. The number of benzene rings is 9. The fourth-order valence-corrected chi connectivity index (χ4v) is 10.1. The molecule has 9 aromatic rings. The highest BCUT2D eigenvalue weighted by Crippen LogP contribution is 2.52. The average molecular weight is 881 g/mol. The molecule has 0 amide bonds. The number of allylic oxidation sites excluding steroid dienone is 4. The molecular formula is C61H44F4N2. The van der Waals surface area contributed by atoms with Crippen LogP contribution in [0.5, 0.6) is 0 Å². The van der Waals surface area contributed by atoms with E-state index in [1.165, 1.54) is 39.3 Å². The van der Waals surface area contributed by atoms with E-state index in [0.29, 0.717) is 17.1 Å². The smallest absolute Gasteiger partial charge is 0.186 e.